The standard InChI is InChI=1S/C25H25FN2O3/c1-3-8-22-24(25(30)31-4-2)20(19-11-5-6-12-21(19)26)14-23(29)28(22)16-18-10-7-9-17(13-18)15-27/h5-7,9-13,20H,3-4,8,14,16H2,1-2H3. The first-order chi connectivity index (χ1) is 15.0. The first-order valence-corrected chi connectivity index (χ1v) is 10.4. The predicted octanol–water partition coefficient (Wildman–Crippen LogP) is 4.83. The fraction of sp³-hybridized carbons (Fsp3) is 0.320. The highest BCUT2D eigenvalue weighted by Crippen LogP contribution is 2.40. The number of benzene rings is 2. The van der Waals surface area contributed by atoms with Crippen molar-refractivity contribution in [2.24, 2.45) is 0 Å². The number of nitriles is 1. The van der Waals surface area contributed by atoms with E-state index in [2.05, 4.69) is 6.07 Å². The number of halogens is 1. The highest BCUT2D eigenvalue weighted by Gasteiger charge is 2.39. The highest BCUT2D eigenvalue weighted by molar-refractivity contribution is 5.96. The van der Waals surface area contributed by atoms with Gasteiger partial charge in [-0.05, 0) is 42.7 Å². The van der Waals surface area contributed by atoms with Gasteiger partial charge in [-0.2, -0.15) is 5.26 Å². The number of hydrogen-bond acceptors (Lipinski definition) is 4. The van der Waals surface area contributed by atoms with Crippen LogP contribution in [-0.4, -0.2) is 23.4 Å². The van der Waals surface area contributed by atoms with Crippen LogP contribution in [0.25, 0.3) is 0 Å². The molecule has 0 aliphatic carbocycles. The molecule has 0 radical (unpaired) electrons. The number of amides is 1. The van der Waals surface area contributed by atoms with Gasteiger partial charge >= 0.3 is 5.97 Å². The maximum absolute atomic E-state index is 14.6. The van der Waals surface area contributed by atoms with Crippen LogP contribution in [0.1, 0.15) is 55.7 Å². The molecule has 31 heavy (non-hydrogen) atoms. The van der Waals surface area contributed by atoms with Crippen LogP contribution in [0.4, 0.5) is 4.39 Å². The van der Waals surface area contributed by atoms with Crippen LogP contribution in [0.2, 0.25) is 0 Å². The first-order valence-electron chi connectivity index (χ1n) is 10.4. The Balaban J connectivity index is 2.13. The summed E-state index contributed by atoms with van der Waals surface area (Å²) in [7, 11) is 0. The molecule has 1 unspecified atom stereocenters. The van der Waals surface area contributed by atoms with Gasteiger partial charge in [0, 0.05) is 18.0 Å². The molecule has 0 bridgehead atoms. The zero-order valence-corrected chi connectivity index (χ0v) is 17.7. The summed E-state index contributed by atoms with van der Waals surface area (Å²) < 4.78 is 20.0. The quantitative estimate of drug-likeness (QED) is 0.602. The summed E-state index contributed by atoms with van der Waals surface area (Å²) in [5.41, 5.74) is 2.50. The van der Waals surface area contributed by atoms with Gasteiger partial charge in [-0.25, -0.2) is 9.18 Å². The van der Waals surface area contributed by atoms with Gasteiger partial charge in [0.25, 0.3) is 0 Å². The second-order valence-corrected chi connectivity index (χ2v) is 7.40. The summed E-state index contributed by atoms with van der Waals surface area (Å²) in [6.45, 7) is 4.09. The Hall–Kier alpha value is -3.46. The van der Waals surface area contributed by atoms with Crippen molar-refractivity contribution in [1.29, 1.82) is 5.26 Å². The van der Waals surface area contributed by atoms with Crippen molar-refractivity contribution in [1.82, 2.24) is 4.90 Å². The minimum Gasteiger partial charge on any atom is -0.463 e. The van der Waals surface area contributed by atoms with E-state index in [0.717, 1.165) is 5.56 Å². The molecule has 6 heteroatoms. The number of ether oxygens (including phenoxy) is 1. The molecule has 1 aliphatic rings. The summed E-state index contributed by atoms with van der Waals surface area (Å²) in [6.07, 6.45) is 1.15. The number of nitrogens with zero attached hydrogens (tertiary/aromatic N) is 2. The highest BCUT2D eigenvalue weighted by atomic mass is 19.1. The van der Waals surface area contributed by atoms with Crippen LogP contribution < -0.4 is 0 Å². The van der Waals surface area contributed by atoms with Crippen LogP contribution in [0.5, 0.6) is 0 Å². The second kappa shape index (κ2) is 10.0. The molecule has 0 aromatic heterocycles. The van der Waals surface area contributed by atoms with E-state index >= 15 is 0 Å². The molecule has 2 aromatic rings. The molecule has 5 nitrogen and oxygen atoms in total. The Morgan fingerprint density at radius 1 is 1.23 bits per heavy atom. The smallest absolute Gasteiger partial charge is 0.336 e. The molecule has 3 rings (SSSR count). The molecular formula is C25H25FN2O3. The van der Waals surface area contributed by atoms with Gasteiger partial charge < -0.3 is 9.64 Å². The number of rotatable bonds is 7. The van der Waals surface area contributed by atoms with E-state index in [1.807, 2.05) is 13.0 Å². The van der Waals surface area contributed by atoms with Crippen molar-refractivity contribution >= 4 is 11.9 Å². The van der Waals surface area contributed by atoms with Crippen LogP contribution in [-0.2, 0) is 20.9 Å². The van der Waals surface area contributed by atoms with Gasteiger partial charge in [-0.1, -0.05) is 43.7 Å². The Bertz CT molecular complexity index is 1050. The van der Waals surface area contributed by atoms with E-state index in [1.54, 1.807) is 48.2 Å². The summed E-state index contributed by atoms with van der Waals surface area (Å²) in [6, 6.07) is 15.4. The molecule has 0 saturated heterocycles. The lowest BCUT2D eigenvalue weighted by atomic mass is 9.82. The number of hydrogen-bond donors (Lipinski definition) is 0. The topological polar surface area (TPSA) is 70.4 Å². The van der Waals surface area contributed by atoms with Gasteiger partial charge in [-0.15, -0.1) is 0 Å². The molecular weight excluding hydrogens is 395 g/mol. The summed E-state index contributed by atoms with van der Waals surface area (Å²) in [5, 5.41) is 9.18. The maximum atomic E-state index is 14.6. The SMILES string of the molecule is CCCC1=C(C(=O)OCC)C(c2ccccc2F)CC(=O)N1Cc1cccc(C#N)c1. The average Bonchev–Trinajstić information content (AvgIpc) is 2.76. The summed E-state index contributed by atoms with van der Waals surface area (Å²) >= 11 is 0. The Morgan fingerprint density at radius 2 is 2.00 bits per heavy atom. The molecule has 160 valence electrons. The lowest BCUT2D eigenvalue weighted by Gasteiger charge is -2.36. The Kier molecular flexibility index (Phi) is 7.19. The fourth-order valence-electron chi connectivity index (χ4n) is 3.99. The van der Waals surface area contributed by atoms with E-state index < -0.39 is 17.7 Å². The van der Waals surface area contributed by atoms with Gasteiger partial charge in [0.1, 0.15) is 5.82 Å². The third-order valence-corrected chi connectivity index (χ3v) is 5.32. The van der Waals surface area contributed by atoms with E-state index in [4.69, 9.17) is 4.74 Å². The van der Waals surface area contributed by atoms with E-state index in [-0.39, 0.29) is 25.5 Å². The van der Waals surface area contributed by atoms with E-state index in [9.17, 15) is 19.2 Å². The lowest BCUT2D eigenvalue weighted by molar-refractivity contribution is -0.140. The third-order valence-electron chi connectivity index (χ3n) is 5.32. The second-order valence-electron chi connectivity index (χ2n) is 7.40. The van der Waals surface area contributed by atoms with Crippen molar-refractivity contribution in [2.45, 2.75) is 45.6 Å². The molecule has 1 atom stereocenters. The van der Waals surface area contributed by atoms with Crippen LogP contribution in [0.15, 0.2) is 59.8 Å². The largest absolute Gasteiger partial charge is 0.463 e. The number of allylic oxidation sites excluding steroid dienone is 1. The van der Waals surface area contributed by atoms with Crippen molar-refractivity contribution < 1.29 is 18.7 Å². The molecule has 0 saturated carbocycles. The minimum atomic E-state index is -0.698. The normalized spacial score (nSPS) is 16.3. The lowest BCUT2D eigenvalue weighted by Crippen LogP contribution is -2.39. The maximum Gasteiger partial charge on any atom is 0.336 e. The Morgan fingerprint density at radius 3 is 2.68 bits per heavy atom. The van der Waals surface area contributed by atoms with Crippen LogP contribution in [0.3, 0.4) is 0 Å². The van der Waals surface area contributed by atoms with E-state index in [1.165, 1.54) is 6.07 Å². The molecule has 1 aliphatic heterocycles. The minimum absolute atomic E-state index is 0.0275. The molecule has 0 spiro atoms. The van der Waals surface area contributed by atoms with Gasteiger partial charge in [0.05, 0.1) is 30.4 Å². The molecule has 1 heterocycles. The number of carbonyl (C=O) groups is 2. The molecule has 0 N–H and O–H groups in total. The zero-order valence-electron chi connectivity index (χ0n) is 17.7. The van der Waals surface area contributed by atoms with Gasteiger partial charge in [-0.3, -0.25) is 4.79 Å². The summed E-state index contributed by atoms with van der Waals surface area (Å²) in [4.78, 5) is 27.8. The number of esters is 1. The van der Waals surface area contributed by atoms with Crippen molar-refractivity contribution in [3.05, 3.63) is 82.3 Å². The third kappa shape index (κ3) is 4.83. The molecule has 0 fully saturated rings. The zero-order chi connectivity index (χ0) is 22.4. The van der Waals surface area contributed by atoms with E-state index in [0.29, 0.717) is 35.2 Å². The first kappa shape index (κ1) is 22.2. The summed E-state index contributed by atoms with van der Waals surface area (Å²) in [5.74, 6) is -1.86. The number of carbonyl (C=O) groups excluding carboxylic acids is 2. The average molecular weight is 420 g/mol. The van der Waals surface area contributed by atoms with Gasteiger partial charge in [0.2, 0.25) is 5.91 Å². The van der Waals surface area contributed by atoms with Crippen LogP contribution >= 0.6 is 0 Å². The monoisotopic (exact) mass is 420 g/mol. The van der Waals surface area contributed by atoms with Crippen molar-refractivity contribution in [3.8, 4) is 6.07 Å². The van der Waals surface area contributed by atoms with Crippen molar-refractivity contribution in [3.63, 3.8) is 0 Å². The van der Waals surface area contributed by atoms with Crippen molar-refractivity contribution in [2.75, 3.05) is 6.61 Å². The molecule has 2 aromatic carbocycles. The van der Waals surface area contributed by atoms with Crippen LogP contribution in [0, 0.1) is 17.1 Å². The fourth-order valence-corrected chi connectivity index (χ4v) is 3.99. The van der Waals surface area contributed by atoms with Gasteiger partial charge in [0.15, 0.2) is 0 Å². The predicted molar refractivity (Wildman–Crippen MR) is 114 cm³/mol. The molecule has 1 amide bonds. The Labute approximate surface area is 181 Å².